The van der Waals surface area contributed by atoms with Crippen LogP contribution in [0.1, 0.15) is 33.3 Å². The Morgan fingerprint density at radius 3 is 2.19 bits per heavy atom. The Labute approximate surface area is 97.2 Å². The zero-order valence-corrected chi connectivity index (χ0v) is 10.4. The Kier molecular flexibility index (Phi) is 3.87. The number of rotatable bonds is 3. The van der Waals surface area contributed by atoms with Crippen LogP contribution in [-0.2, 0) is 5.41 Å². The summed E-state index contributed by atoms with van der Waals surface area (Å²) in [5.41, 5.74) is 8.21. The SMILES string of the molecule is CC(C)=CC(N)C(C)(C)c1ccc(F)cc1. The average molecular weight is 221 g/mol. The Balaban J connectivity index is 3.01. The van der Waals surface area contributed by atoms with Crippen molar-refractivity contribution in [1.29, 1.82) is 0 Å². The zero-order chi connectivity index (χ0) is 12.3. The molecule has 0 amide bonds. The standard InChI is InChI=1S/C14H20FN/c1-10(2)9-13(16)14(3,4)11-5-7-12(15)8-6-11/h5-9,13H,16H2,1-4H3. The molecule has 0 saturated heterocycles. The first-order valence-electron chi connectivity index (χ1n) is 5.50. The Morgan fingerprint density at radius 2 is 1.75 bits per heavy atom. The van der Waals surface area contributed by atoms with Crippen molar-refractivity contribution in [2.45, 2.75) is 39.2 Å². The number of benzene rings is 1. The van der Waals surface area contributed by atoms with Gasteiger partial charge in [0, 0.05) is 11.5 Å². The van der Waals surface area contributed by atoms with Crippen molar-refractivity contribution in [3.05, 3.63) is 47.3 Å². The van der Waals surface area contributed by atoms with Crippen LogP contribution in [0.15, 0.2) is 35.9 Å². The van der Waals surface area contributed by atoms with Gasteiger partial charge in [-0.05, 0) is 31.5 Å². The fourth-order valence-corrected chi connectivity index (χ4v) is 1.64. The smallest absolute Gasteiger partial charge is 0.123 e. The van der Waals surface area contributed by atoms with Crippen LogP contribution in [-0.4, -0.2) is 6.04 Å². The van der Waals surface area contributed by atoms with E-state index < -0.39 is 0 Å². The molecule has 1 aromatic rings. The van der Waals surface area contributed by atoms with E-state index >= 15 is 0 Å². The van der Waals surface area contributed by atoms with Gasteiger partial charge in [-0.3, -0.25) is 0 Å². The quantitative estimate of drug-likeness (QED) is 0.778. The fourth-order valence-electron chi connectivity index (χ4n) is 1.64. The normalized spacial score (nSPS) is 13.4. The van der Waals surface area contributed by atoms with Crippen molar-refractivity contribution < 1.29 is 4.39 Å². The van der Waals surface area contributed by atoms with Gasteiger partial charge in [0.25, 0.3) is 0 Å². The topological polar surface area (TPSA) is 26.0 Å². The van der Waals surface area contributed by atoms with E-state index in [1.54, 1.807) is 12.1 Å². The first-order chi connectivity index (χ1) is 7.34. The molecule has 0 radical (unpaired) electrons. The summed E-state index contributed by atoms with van der Waals surface area (Å²) in [6, 6.07) is 6.49. The summed E-state index contributed by atoms with van der Waals surface area (Å²) in [6.07, 6.45) is 2.04. The van der Waals surface area contributed by atoms with E-state index in [-0.39, 0.29) is 17.3 Å². The van der Waals surface area contributed by atoms with Crippen molar-refractivity contribution in [1.82, 2.24) is 0 Å². The summed E-state index contributed by atoms with van der Waals surface area (Å²) < 4.78 is 12.8. The lowest BCUT2D eigenvalue weighted by Gasteiger charge is -2.30. The van der Waals surface area contributed by atoms with Gasteiger partial charge in [0.05, 0.1) is 0 Å². The molecule has 2 heteroatoms. The van der Waals surface area contributed by atoms with Crippen molar-refractivity contribution in [2.75, 3.05) is 0 Å². The molecule has 0 spiro atoms. The largest absolute Gasteiger partial charge is 0.324 e. The molecule has 0 aliphatic carbocycles. The van der Waals surface area contributed by atoms with Gasteiger partial charge in [0.15, 0.2) is 0 Å². The highest BCUT2D eigenvalue weighted by Crippen LogP contribution is 2.27. The molecule has 0 fully saturated rings. The van der Waals surface area contributed by atoms with Gasteiger partial charge in [0.1, 0.15) is 5.82 Å². The molecule has 16 heavy (non-hydrogen) atoms. The summed E-state index contributed by atoms with van der Waals surface area (Å²) >= 11 is 0. The maximum atomic E-state index is 12.8. The summed E-state index contributed by atoms with van der Waals surface area (Å²) in [5, 5.41) is 0. The molecular weight excluding hydrogens is 201 g/mol. The summed E-state index contributed by atoms with van der Waals surface area (Å²) in [6.45, 7) is 8.20. The Bertz CT molecular complexity index is 372. The van der Waals surface area contributed by atoms with Crippen LogP contribution < -0.4 is 5.73 Å². The van der Waals surface area contributed by atoms with E-state index in [0.717, 1.165) is 5.56 Å². The van der Waals surface area contributed by atoms with Crippen LogP contribution in [0.4, 0.5) is 4.39 Å². The predicted molar refractivity (Wildman–Crippen MR) is 66.8 cm³/mol. The van der Waals surface area contributed by atoms with Gasteiger partial charge >= 0.3 is 0 Å². The molecular formula is C14H20FN. The van der Waals surface area contributed by atoms with E-state index in [2.05, 4.69) is 13.8 Å². The molecule has 1 rings (SSSR count). The summed E-state index contributed by atoms with van der Waals surface area (Å²) in [7, 11) is 0. The van der Waals surface area contributed by atoms with Gasteiger partial charge < -0.3 is 5.73 Å². The molecule has 1 atom stereocenters. The number of hydrogen-bond acceptors (Lipinski definition) is 1. The first kappa shape index (κ1) is 12.9. The minimum Gasteiger partial charge on any atom is -0.324 e. The van der Waals surface area contributed by atoms with Crippen LogP contribution in [0.25, 0.3) is 0 Å². The van der Waals surface area contributed by atoms with E-state index in [1.807, 2.05) is 19.9 Å². The third-order valence-corrected chi connectivity index (χ3v) is 2.93. The van der Waals surface area contributed by atoms with Crippen LogP contribution in [0.3, 0.4) is 0 Å². The number of nitrogens with two attached hydrogens (primary N) is 1. The van der Waals surface area contributed by atoms with Crippen molar-refractivity contribution >= 4 is 0 Å². The minimum atomic E-state index is -0.213. The van der Waals surface area contributed by atoms with Crippen LogP contribution in [0.5, 0.6) is 0 Å². The maximum Gasteiger partial charge on any atom is 0.123 e. The molecule has 0 aliphatic heterocycles. The third-order valence-electron chi connectivity index (χ3n) is 2.93. The van der Waals surface area contributed by atoms with Crippen molar-refractivity contribution in [2.24, 2.45) is 5.73 Å². The van der Waals surface area contributed by atoms with Gasteiger partial charge in [-0.1, -0.05) is 37.6 Å². The van der Waals surface area contributed by atoms with Crippen LogP contribution >= 0.6 is 0 Å². The number of hydrogen-bond donors (Lipinski definition) is 1. The zero-order valence-electron chi connectivity index (χ0n) is 10.4. The van der Waals surface area contributed by atoms with Gasteiger partial charge in [-0.15, -0.1) is 0 Å². The van der Waals surface area contributed by atoms with Crippen molar-refractivity contribution in [3.8, 4) is 0 Å². The molecule has 2 N–H and O–H groups in total. The summed E-state index contributed by atoms with van der Waals surface area (Å²) in [4.78, 5) is 0. The monoisotopic (exact) mass is 221 g/mol. The second kappa shape index (κ2) is 4.79. The lowest BCUT2D eigenvalue weighted by atomic mass is 9.77. The second-order valence-electron chi connectivity index (χ2n) is 5.00. The van der Waals surface area contributed by atoms with Gasteiger partial charge in [-0.2, -0.15) is 0 Å². The second-order valence-corrected chi connectivity index (χ2v) is 5.00. The molecule has 1 aromatic carbocycles. The Hall–Kier alpha value is -1.15. The summed E-state index contributed by atoms with van der Waals surface area (Å²) in [5.74, 6) is -0.213. The third kappa shape index (κ3) is 2.92. The highest BCUT2D eigenvalue weighted by atomic mass is 19.1. The number of halogens is 1. The predicted octanol–water partition coefficient (Wildman–Crippen LogP) is 3.40. The number of allylic oxidation sites excluding steroid dienone is 1. The van der Waals surface area contributed by atoms with Crippen LogP contribution in [0.2, 0.25) is 0 Å². The van der Waals surface area contributed by atoms with Crippen molar-refractivity contribution in [3.63, 3.8) is 0 Å². The highest BCUT2D eigenvalue weighted by molar-refractivity contribution is 5.28. The van der Waals surface area contributed by atoms with E-state index in [4.69, 9.17) is 5.73 Å². The molecule has 88 valence electrons. The van der Waals surface area contributed by atoms with E-state index in [1.165, 1.54) is 17.7 Å². The molecule has 0 saturated carbocycles. The molecule has 0 aliphatic rings. The van der Waals surface area contributed by atoms with E-state index in [9.17, 15) is 4.39 Å². The highest BCUT2D eigenvalue weighted by Gasteiger charge is 2.26. The van der Waals surface area contributed by atoms with Gasteiger partial charge in [-0.25, -0.2) is 4.39 Å². The van der Waals surface area contributed by atoms with Gasteiger partial charge in [0.2, 0.25) is 0 Å². The molecule has 0 bridgehead atoms. The molecule has 1 nitrogen and oxygen atoms in total. The minimum absolute atomic E-state index is 0.0667. The van der Waals surface area contributed by atoms with Crippen LogP contribution in [0, 0.1) is 5.82 Å². The lowest BCUT2D eigenvalue weighted by molar-refractivity contribution is 0.463. The molecule has 0 aromatic heterocycles. The first-order valence-corrected chi connectivity index (χ1v) is 5.50. The lowest BCUT2D eigenvalue weighted by Crippen LogP contribution is -2.39. The Morgan fingerprint density at radius 1 is 1.25 bits per heavy atom. The molecule has 1 unspecified atom stereocenters. The average Bonchev–Trinajstić information content (AvgIpc) is 2.17. The molecule has 0 heterocycles. The maximum absolute atomic E-state index is 12.8. The fraction of sp³-hybridized carbons (Fsp3) is 0.429. The van der Waals surface area contributed by atoms with E-state index in [0.29, 0.717) is 0 Å².